The Morgan fingerprint density at radius 2 is 1.78 bits per heavy atom. The molecule has 32 heavy (non-hydrogen) atoms. The summed E-state index contributed by atoms with van der Waals surface area (Å²) in [5.74, 6) is 1.11. The van der Waals surface area contributed by atoms with Gasteiger partial charge in [0.25, 0.3) is 0 Å². The van der Waals surface area contributed by atoms with E-state index in [4.69, 9.17) is 14.2 Å². The molecule has 174 valence electrons. The van der Waals surface area contributed by atoms with Gasteiger partial charge < -0.3 is 14.2 Å². The molecule has 0 spiro atoms. The van der Waals surface area contributed by atoms with E-state index in [1.807, 2.05) is 16.9 Å². The molecular weight excluding hydrogens is 436 g/mol. The molecule has 0 saturated heterocycles. The summed E-state index contributed by atoms with van der Waals surface area (Å²) < 4.78 is 44.4. The van der Waals surface area contributed by atoms with E-state index in [0.717, 1.165) is 11.0 Å². The van der Waals surface area contributed by atoms with E-state index in [9.17, 15) is 13.2 Å². The molecule has 0 atom stereocenters. The van der Waals surface area contributed by atoms with Crippen LogP contribution in [0.3, 0.4) is 0 Å². The maximum absolute atomic E-state index is 12.7. The van der Waals surface area contributed by atoms with Crippen LogP contribution in [-0.2, 0) is 14.9 Å². The van der Waals surface area contributed by atoms with Gasteiger partial charge in [0.05, 0.1) is 25.4 Å². The summed E-state index contributed by atoms with van der Waals surface area (Å²) >= 11 is 0. The zero-order valence-electron chi connectivity index (χ0n) is 18.8. The van der Waals surface area contributed by atoms with Crippen LogP contribution in [0.1, 0.15) is 39.3 Å². The smallest absolute Gasteiger partial charge is 0.422 e. The Kier molecular flexibility index (Phi) is 6.89. The van der Waals surface area contributed by atoms with Gasteiger partial charge in [-0.3, -0.25) is 0 Å². The zero-order chi connectivity index (χ0) is 23.5. The van der Waals surface area contributed by atoms with Gasteiger partial charge >= 0.3 is 16.3 Å². The largest absolute Gasteiger partial charge is 0.493 e. The molecule has 1 amide bonds. The molecule has 3 rings (SSSR count). The van der Waals surface area contributed by atoms with E-state index in [1.54, 1.807) is 41.1 Å². The summed E-state index contributed by atoms with van der Waals surface area (Å²) in [5, 5.41) is 0.777. The summed E-state index contributed by atoms with van der Waals surface area (Å²) in [6.45, 7) is 5.40. The Hall–Kier alpha value is -2.92. The highest BCUT2D eigenvalue weighted by molar-refractivity contribution is 7.87. The van der Waals surface area contributed by atoms with E-state index < -0.39 is 21.9 Å². The second-order valence-electron chi connectivity index (χ2n) is 8.22. The van der Waals surface area contributed by atoms with Crippen LogP contribution in [0.5, 0.6) is 11.5 Å². The molecule has 2 aromatic rings. The zero-order valence-corrected chi connectivity index (χ0v) is 19.7. The number of ether oxygens (including phenoxy) is 3. The number of fused-ring (bicyclic) bond motifs is 1. The fourth-order valence-corrected chi connectivity index (χ4v) is 4.46. The minimum Gasteiger partial charge on any atom is -0.493 e. The fraction of sp³-hybridized carbons (Fsp3) is 0.476. The number of methoxy groups -OCH3 is 2. The molecule has 11 heteroatoms. The molecule has 2 heterocycles. The Bertz CT molecular complexity index is 1140. The first-order valence-corrected chi connectivity index (χ1v) is 11.5. The lowest BCUT2D eigenvalue weighted by molar-refractivity contribution is 0.0567. The first-order valence-electron chi connectivity index (χ1n) is 10.1. The van der Waals surface area contributed by atoms with Crippen molar-refractivity contribution >= 4 is 32.8 Å². The average molecular weight is 465 g/mol. The van der Waals surface area contributed by atoms with Gasteiger partial charge in [0.1, 0.15) is 11.9 Å². The van der Waals surface area contributed by atoms with Gasteiger partial charge in [-0.15, -0.1) is 0 Å². The SMILES string of the molecule is COc1cc2ncnc(C3=CCCN(S(=O)(=O)NC(=O)OC(C)(C)C)CC3)c2cc1OC. The predicted molar refractivity (Wildman–Crippen MR) is 120 cm³/mol. The van der Waals surface area contributed by atoms with Gasteiger partial charge in [-0.05, 0) is 45.3 Å². The fourth-order valence-electron chi connectivity index (χ4n) is 3.40. The lowest BCUT2D eigenvalue weighted by Crippen LogP contribution is -2.45. The second kappa shape index (κ2) is 9.29. The summed E-state index contributed by atoms with van der Waals surface area (Å²) in [5.41, 5.74) is 1.48. The summed E-state index contributed by atoms with van der Waals surface area (Å²) in [6.07, 6.45) is 3.30. The minimum absolute atomic E-state index is 0.183. The Morgan fingerprint density at radius 1 is 1.09 bits per heavy atom. The third-order valence-electron chi connectivity index (χ3n) is 4.80. The van der Waals surface area contributed by atoms with Gasteiger partial charge in [0.2, 0.25) is 0 Å². The number of rotatable bonds is 5. The standard InChI is InChI=1S/C21H28N4O6S/c1-21(2,3)31-20(26)24-32(27,28)25-9-6-7-14(8-10-25)19-15-11-17(29-4)18(30-5)12-16(15)22-13-23-19/h7,11-13H,6,8-10H2,1-5H3,(H,24,26). The maximum atomic E-state index is 12.7. The first-order chi connectivity index (χ1) is 15.0. The number of carbonyl (C=O) groups is 1. The van der Waals surface area contributed by atoms with Gasteiger partial charge in [-0.2, -0.15) is 12.7 Å². The van der Waals surface area contributed by atoms with Gasteiger partial charge in [0, 0.05) is 24.5 Å². The van der Waals surface area contributed by atoms with Crippen molar-refractivity contribution in [3.8, 4) is 11.5 Å². The van der Waals surface area contributed by atoms with Crippen LogP contribution >= 0.6 is 0 Å². The van der Waals surface area contributed by atoms with Crippen molar-refractivity contribution in [2.24, 2.45) is 0 Å². The lowest BCUT2D eigenvalue weighted by atomic mass is 10.0. The number of hydrogen-bond donors (Lipinski definition) is 1. The monoisotopic (exact) mass is 464 g/mol. The van der Waals surface area contributed by atoms with Crippen molar-refractivity contribution in [2.75, 3.05) is 27.3 Å². The van der Waals surface area contributed by atoms with Crippen LogP contribution < -0.4 is 14.2 Å². The molecule has 10 nitrogen and oxygen atoms in total. The number of nitrogens with one attached hydrogen (secondary N) is 1. The molecule has 0 bridgehead atoms. The van der Waals surface area contributed by atoms with Crippen LogP contribution in [0.2, 0.25) is 0 Å². The molecule has 1 aliphatic heterocycles. The molecule has 0 saturated carbocycles. The number of benzene rings is 1. The Balaban J connectivity index is 1.81. The van der Waals surface area contributed by atoms with E-state index in [1.165, 1.54) is 10.6 Å². The highest BCUT2D eigenvalue weighted by Gasteiger charge is 2.28. The van der Waals surface area contributed by atoms with Crippen molar-refractivity contribution in [3.63, 3.8) is 0 Å². The molecule has 0 unspecified atom stereocenters. The quantitative estimate of drug-likeness (QED) is 0.717. The number of nitrogens with zero attached hydrogens (tertiary/aromatic N) is 3. The van der Waals surface area contributed by atoms with Crippen molar-refractivity contribution < 1.29 is 27.4 Å². The summed E-state index contributed by atoms with van der Waals surface area (Å²) in [4.78, 5) is 20.7. The van der Waals surface area contributed by atoms with Crippen LogP contribution in [0.15, 0.2) is 24.5 Å². The van der Waals surface area contributed by atoms with Gasteiger partial charge in [-0.1, -0.05) is 6.08 Å². The minimum atomic E-state index is -4.04. The van der Waals surface area contributed by atoms with Crippen LogP contribution in [-0.4, -0.2) is 61.7 Å². The molecule has 0 aliphatic carbocycles. The first kappa shape index (κ1) is 23.7. The van der Waals surface area contributed by atoms with Crippen molar-refractivity contribution in [3.05, 3.63) is 30.2 Å². The average Bonchev–Trinajstić information content (AvgIpc) is 2.97. The predicted octanol–water partition coefficient (Wildman–Crippen LogP) is 2.90. The van der Waals surface area contributed by atoms with Crippen molar-refractivity contribution in [1.29, 1.82) is 0 Å². The second-order valence-corrected chi connectivity index (χ2v) is 9.89. The molecule has 1 aliphatic rings. The Morgan fingerprint density at radius 3 is 2.44 bits per heavy atom. The van der Waals surface area contributed by atoms with Crippen molar-refractivity contribution in [2.45, 2.75) is 39.2 Å². The number of amides is 1. The molecular formula is C21H28N4O6S. The number of carbonyl (C=O) groups excluding carboxylic acids is 1. The third kappa shape index (κ3) is 5.46. The van der Waals surface area contributed by atoms with E-state index in [0.29, 0.717) is 35.6 Å². The van der Waals surface area contributed by atoms with Crippen LogP contribution in [0, 0.1) is 0 Å². The van der Waals surface area contributed by atoms with Gasteiger partial charge in [-0.25, -0.2) is 19.5 Å². The topological polar surface area (TPSA) is 120 Å². The molecule has 1 N–H and O–H groups in total. The van der Waals surface area contributed by atoms with E-state index in [-0.39, 0.29) is 13.1 Å². The molecule has 1 aromatic carbocycles. The van der Waals surface area contributed by atoms with E-state index in [2.05, 4.69) is 9.97 Å². The van der Waals surface area contributed by atoms with Crippen molar-refractivity contribution in [1.82, 2.24) is 19.0 Å². The van der Waals surface area contributed by atoms with Crippen LogP contribution in [0.4, 0.5) is 4.79 Å². The van der Waals surface area contributed by atoms with E-state index >= 15 is 0 Å². The lowest BCUT2D eigenvalue weighted by Gasteiger charge is -2.23. The summed E-state index contributed by atoms with van der Waals surface area (Å²) in [6, 6.07) is 3.59. The highest BCUT2D eigenvalue weighted by Crippen LogP contribution is 2.35. The number of aromatic nitrogens is 2. The molecule has 0 radical (unpaired) electrons. The highest BCUT2D eigenvalue weighted by atomic mass is 32.2. The maximum Gasteiger partial charge on any atom is 0.422 e. The number of hydrogen-bond acceptors (Lipinski definition) is 8. The third-order valence-corrected chi connectivity index (χ3v) is 6.27. The normalized spacial score (nSPS) is 15.6. The Labute approximate surface area is 187 Å². The molecule has 0 fully saturated rings. The van der Waals surface area contributed by atoms with Crippen LogP contribution in [0.25, 0.3) is 16.5 Å². The summed E-state index contributed by atoms with van der Waals surface area (Å²) in [7, 11) is -0.930. The van der Waals surface area contributed by atoms with Gasteiger partial charge in [0.15, 0.2) is 11.5 Å². The molecule has 1 aromatic heterocycles.